The molecule has 0 saturated heterocycles. The minimum atomic E-state index is -3.66. The van der Waals surface area contributed by atoms with Gasteiger partial charge in [-0.3, -0.25) is 0 Å². The van der Waals surface area contributed by atoms with E-state index in [-0.39, 0.29) is 4.21 Å². The lowest BCUT2D eigenvalue weighted by Gasteiger charge is -2.12. The lowest BCUT2D eigenvalue weighted by Crippen LogP contribution is -2.28. The molecule has 2 rings (SSSR count). The molecule has 0 amide bonds. The van der Waals surface area contributed by atoms with Crippen molar-refractivity contribution in [3.63, 3.8) is 0 Å². The summed E-state index contributed by atoms with van der Waals surface area (Å²) < 4.78 is 28.5. The van der Waals surface area contributed by atoms with E-state index >= 15 is 0 Å². The number of aryl methyl sites for hydroxylation is 1. The maximum atomic E-state index is 12.1. The molecule has 0 radical (unpaired) electrons. The summed E-state index contributed by atoms with van der Waals surface area (Å²) in [6, 6.07) is 4.29. The Hall–Kier alpha value is -1.76. The van der Waals surface area contributed by atoms with Crippen LogP contribution in [0.2, 0.25) is 0 Å². The first kappa shape index (κ1) is 13.7. The third-order valence-corrected chi connectivity index (χ3v) is 5.44. The highest BCUT2D eigenvalue weighted by molar-refractivity contribution is 7.91. The van der Waals surface area contributed by atoms with Crippen LogP contribution in [0.3, 0.4) is 0 Å². The summed E-state index contributed by atoms with van der Waals surface area (Å²) in [5.41, 5.74) is 0. The van der Waals surface area contributed by atoms with Crippen molar-refractivity contribution in [2.24, 2.45) is 7.05 Å². The van der Waals surface area contributed by atoms with E-state index in [0.717, 1.165) is 11.3 Å². The Morgan fingerprint density at radius 3 is 2.79 bits per heavy atom. The number of hydrogen-bond acceptors (Lipinski definition) is 6. The van der Waals surface area contributed by atoms with Gasteiger partial charge in [-0.2, -0.15) is 5.26 Å². The third-order valence-electron chi connectivity index (χ3n) is 2.42. The first-order valence-electron chi connectivity index (χ1n) is 5.30. The highest BCUT2D eigenvalue weighted by Gasteiger charge is 2.22. The molecule has 100 valence electrons. The Labute approximate surface area is 114 Å². The molecule has 0 aliphatic carbocycles. The molecule has 2 aromatic heterocycles. The van der Waals surface area contributed by atoms with Gasteiger partial charge in [-0.05, 0) is 19.1 Å². The van der Waals surface area contributed by atoms with Crippen molar-refractivity contribution in [2.75, 3.05) is 0 Å². The number of aromatic nitrogens is 3. The van der Waals surface area contributed by atoms with Crippen LogP contribution in [-0.2, 0) is 17.1 Å². The Bertz CT molecular complexity index is 725. The SMILES string of the molecule is CC(NS(=O)(=O)c1ccc(C#N)s1)c1nncn1C. The summed E-state index contributed by atoms with van der Waals surface area (Å²) in [6.45, 7) is 1.68. The van der Waals surface area contributed by atoms with E-state index in [1.54, 1.807) is 18.5 Å². The van der Waals surface area contributed by atoms with Crippen molar-refractivity contribution in [3.8, 4) is 6.07 Å². The zero-order chi connectivity index (χ0) is 14.0. The molecule has 1 unspecified atom stereocenters. The van der Waals surface area contributed by atoms with Crippen molar-refractivity contribution in [3.05, 3.63) is 29.2 Å². The molecule has 9 heteroatoms. The van der Waals surface area contributed by atoms with E-state index in [1.807, 2.05) is 6.07 Å². The zero-order valence-corrected chi connectivity index (χ0v) is 11.9. The molecule has 1 N–H and O–H groups in total. The van der Waals surface area contributed by atoms with Crippen LogP contribution in [0.15, 0.2) is 22.7 Å². The fourth-order valence-corrected chi connectivity index (χ4v) is 3.87. The van der Waals surface area contributed by atoms with Gasteiger partial charge in [0.15, 0.2) is 0 Å². The fraction of sp³-hybridized carbons (Fsp3) is 0.300. The summed E-state index contributed by atoms with van der Waals surface area (Å²) in [6.07, 6.45) is 1.50. The standard InChI is InChI=1S/C10H11N5O2S2/c1-7(10-13-12-6-15(10)2)14-19(16,17)9-4-3-8(5-11)18-9/h3-4,6-7,14H,1-2H3. The molecule has 7 nitrogen and oxygen atoms in total. The van der Waals surface area contributed by atoms with E-state index < -0.39 is 16.1 Å². The first-order valence-corrected chi connectivity index (χ1v) is 7.60. The van der Waals surface area contributed by atoms with Crippen LogP contribution in [0.1, 0.15) is 23.7 Å². The molecule has 0 fully saturated rings. The monoisotopic (exact) mass is 297 g/mol. The second kappa shape index (κ2) is 5.08. The number of nitriles is 1. The van der Waals surface area contributed by atoms with Crippen molar-refractivity contribution in [2.45, 2.75) is 17.2 Å². The Morgan fingerprint density at radius 2 is 2.26 bits per heavy atom. The van der Waals surface area contributed by atoms with Gasteiger partial charge in [0.05, 0.1) is 6.04 Å². The van der Waals surface area contributed by atoms with Crippen LogP contribution < -0.4 is 4.72 Å². The second-order valence-corrected chi connectivity index (χ2v) is 6.90. The van der Waals surface area contributed by atoms with Crippen LogP contribution in [-0.4, -0.2) is 23.2 Å². The Balaban J connectivity index is 2.23. The van der Waals surface area contributed by atoms with E-state index in [0.29, 0.717) is 10.7 Å². The molecule has 0 aliphatic rings. The summed E-state index contributed by atoms with van der Waals surface area (Å²) in [5.74, 6) is 0.514. The quantitative estimate of drug-likeness (QED) is 0.899. The molecule has 0 saturated carbocycles. The number of nitrogens with one attached hydrogen (secondary N) is 1. The molecule has 0 spiro atoms. The normalized spacial score (nSPS) is 13.1. The van der Waals surface area contributed by atoms with Gasteiger partial charge in [-0.15, -0.1) is 21.5 Å². The maximum Gasteiger partial charge on any atom is 0.250 e. The summed E-state index contributed by atoms with van der Waals surface area (Å²) in [4.78, 5) is 0.353. The largest absolute Gasteiger partial charge is 0.319 e. The zero-order valence-electron chi connectivity index (χ0n) is 10.2. The van der Waals surface area contributed by atoms with Crippen molar-refractivity contribution in [1.82, 2.24) is 19.5 Å². The predicted octanol–water partition coefficient (Wildman–Crippen LogP) is 0.788. The number of hydrogen-bond donors (Lipinski definition) is 1. The number of nitrogens with zero attached hydrogens (tertiary/aromatic N) is 4. The summed E-state index contributed by atoms with van der Waals surface area (Å²) in [5, 5.41) is 16.3. The lowest BCUT2D eigenvalue weighted by molar-refractivity contribution is 0.555. The van der Waals surface area contributed by atoms with Crippen molar-refractivity contribution in [1.29, 1.82) is 5.26 Å². The molecule has 2 aromatic rings. The van der Waals surface area contributed by atoms with Gasteiger partial charge in [0, 0.05) is 7.05 Å². The second-order valence-electron chi connectivity index (χ2n) is 3.87. The smallest absolute Gasteiger partial charge is 0.250 e. The fourth-order valence-electron chi connectivity index (χ4n) is 1.55. The minimum absolute atomic E-state index is 0.109. The molecule has 2 heterocycles. The van der Waals surface area contributed by atoms with Gasteiger partial charge < -0.3 is 4.57 Å². The molecule has 0 bridgehead atoms. The van der Waals surface area contributed by atoms with E-state index in [9.17, 15) is 8.42 Å². The number of thiophene rings is 1. The van der Waals surface area contributed by atoms with Gasteiger partial charge in [-0.25, -0.2) is 13.1 Å². The maximum absolute atomic E-state index is 12.1. The van der Waals surface area contributed by atoms with Crippen LogP contribution in [0.5, 0.6) is 0 Å². The molecule has 1 atom stereocenters. The van der Waals surface area contributed by atoms with Crippen molar-refractivity contribution < 1.29 is 8.42 Å². The average molecular weight is 297 g/mol. The summed E-state index contributed by atoms with van der Waals surface area (Å²) in [7, 11) is -1.92. The molecule has 0 aromatic carbocycles. The van der Waals surface area contributed by atoms with Gasteiger partial charge in [0.2, 0.25) is 0 Å². The lowest BCUT2D eigenvalue weighted by atomic mass is 10.3. The molecular weight excluding hydrogens is 286 g/mol. The van der Waals surface area contributed by atoms with E-state index in [4.69, 9.17) is 5.26 Å². The van der Waals surface area contributed by atoms with Gasteiger partial charge >= 0.3 is 0 Å². The van der Waals surface area contributed by atoms with Gasteiger partial charge in [-0.1, -0.05) is 0 Å². The highest BCUT2D eigenvalue weighted by atomic mass is 32.2. The highest BCUT2D eigenvalue weighted by Crippen LogP contribution is 2.22. The number of sulfonamides is 1. The Morgan fingerprint density at radius 1 is 1.53 bits per heavy atom. The predicted molar refractivity (Wildman–Crippen MR) is 68.8 cm³/mol. The average Bonchev–Trinajstić information content (AvgIpc) is 2.96. The molecule has 19 heavy (non-hydrogen) atoms. The Kier molecular flexibility index (Phi) is 3.66. The van der Waals surface area contributed by atoms with Crippen LogP contribution in [0.4, 0.5) is 0 Å². The van der Waals surface area contributed by atoms with Crippen molar-refractivity contribution >= 4 is 21.4 Å². The topological polar surface area (TPSA) is 101 Å². The summed E-state index contributed by atoms with van der Waals surface area (Å²) >= 11 is 0.929. The first-order chi connectivity index (χ1) is 8.94. The van der Waals surface area contributed by atoms with Gasteiger partial charge in [0.25, 0.3) is 10.0 Å². The minimum Gasteiger partial charge on any atom is -0.319 e. The van der Waals surface area contributed by atoms with Crippen LogP contribution >= 0.6 is 11.3 Å². The molecular formula is C10H11N5O2S2. The van der Waals surface area contributed by atoms with Crippen LogP contribution in [0, 0.1) is 11.3 Å². The molecule has 0 aliphatic heterocycles. The van der Waals surface area contributed by atoms with E-state index in [2.05, 4.69) is 14.9 Å². The van der Waals surface area contributed by atoms with Gasteiger partial charge in [0.1, 0.15) is 27.3 Å². The third kappa shape index (κ3) is 2.81. The van der Waals surface area contributed by atoms with Crippen LogP contribution in [0.25, 0.3) is 0 Å². The van der Waals surface area contributed by atoms with E-state index in [1.165, 1.54) is 18.5 Å². The number of rotatable bonds is 4.